The van der Waals surface area contributed by atoms with Crippen LogP contribution in [-0.2, 0) is 36.0 Å². The Labute approximate surface area is 324 Å². The minimum absolute atomic E-state index is 0.103. The molecule has 6 aromatic rings. The summed E-state index contributed by atoms with van der Waals surface area (Å²) in [6, 6.07) is 16.1. The summed E-state index contributed by atoms with van der Waals surface area (Å²) < 4.78 is 118. The van der Waals surface area contributed by atoms with Gasteiger partial charge in [0.15, 0.2) is 5.78 Å². The van der Waals surface area contributed by atoms with Gasteiger partial charge in [0.2, 0.25) is 5.56 Å². The van der Waals surface area contributed by atoms with Crippen LogP contribution >= 0.6 is 0 Å². The molecule has 0 spiro atoms. The Morgan fingerprint density at radius 1 is 0.897 bits per heavy atom. The molecule has 0 saturated carbocycles. The molecular weight excluding hydrogens is 770 g/mol. The fourth-order valence-corrected chi connectivity index (χ4v) is 7.56. The Bertz CT molecular complexity index is 2760. The molecule has 0 amide bonds. The molecule has 2 aromatic carbocycles. The molecule has 0 saturated heterocycles. The molecule has 0 unspecified atom stereocenters. The Morgan fingerprint density at radius 3 is 2.45 bits per heavy atom. The van der Waals surface area contributed by atoms with Crippen LogP contribution in [0.2, 0.25) is 0 Å². The van der Waals surface area contributed by atoms with E-state index in [1.54, 1.807) is 42.6 Å². The van der Waals surface area contributed by atoms with Gasteiger partial charge in [0.05, 0.1) is 17.0 Å². The van der Waals surface area contributed by atoms with Gasteiger partial charge in [-0.2, -0.15) is 13.9 Å². The smallest absolute Gasteiger partial charge is 0.290 e. The van der Waals surface area contributed by atoms with Crippen molar-refractivity contribution in [2.45, 2.75) is 62.8 Å². The summed E-state index contributed by atoms with van der Waals surface area (Å²) in [6.07, 6.45) is -1.16. The van der Waals surface area contributed by atoms with E-state index in [-0.39, 0.29) is 33.6 Å². The molecule has 58 heavy (non-hydrogen) atoms. The van der Waals surface area contributed by atoms with Gasteiger partial charge in [-0.15, -0.1) is 0 Å². The zero-order valence-corrected chi connectivity index (χ0v) is 30.1. The fourth-order valence-electron chi connectivity index (χ4n) is 7.56. The molecule has 15 heteroatoms. The summed E-state index contributed by atoms with van der Waals surface area (Å²) in [5.74, 6) is -5.79. The molecule has 4 heterocycles. The number of H-pyrrole nitrogens is 1. The second kappa shape index (κ2) is 14.8. The van der Waals surface area contributed by atoms with Crippen LogP contribution in [0.15, 0.2) is 83.8 Å². The topological polar surface area (TPSA) is 93.5 Å². The van der Waals surface area contributed by atoms with E-state index >= 15 is 8.78 Å². The maximum Gasteiger partial charge on any atom is 0.290 e. The third kappa shape index (κ3) is 7.66. The number of hydrogen-bond donors (Lipinski definition) is 1. The summed E-state index contributed by atoms with van der Waals surface area (Å²) in [7, 11) is 0. The molecular formula is C43H29F8N5O2. The molecule has 0 aliphatic heterocycles. The number of allylic oxidation sites excluding steroid dienone is 1. The number of pyridine rings is 3. The first-order valence-corrected chi connectivity index (χ1v) is 18.1. The van der Waals surface area contributed by atoms with Crippen molar-refractivity contribution in [1.82, 2.24) is 24.7 Å². The predicted molar refractivity (Wildman–Crippen MR) is 197 cm³/mol. The van der Waals surface area contributed by atoms with Crippen LogP contribution in [0.1, 0.15) is 82.3 Å². The van der Waals surface area contributed by atoms with Crippen molar-refractivity contribution in [1.29, 1.82) is 0 Å². The number of halogens is 8. The van der Waals surface area contributed by atoms with Gasteiger partial charge in [0.1, 0.15) is 35.3 Å². The first-order chi connectivity index (χ1) is 27.6. The van der Waals surface area contributed by atoms with Gasteiger partial charge >= 0.3 is 0 Å². The van der Waals surface area contributed by atoms with Gasteiger partial charge in [0.25, 0.3) is 18.3 Å². The van der Waals surface area contributed by atoms with E-state index in [9.17, 15) is 35.9 Å². The van der Waals surface area contributed by atoms with Gasteiger partial charge in [-0.1, -0.05) is 18.1 Å². The fraction of sp³-hybridized carbons (Fsp3) is 0.233. The van der Waals surface area contributed by atoms with Gasteiger partial charge in [-0.3, -0.25) is 19.3 Å². The number of rotatable bonds is 9. The lowest BCUT2D eigenvalue weighted by atomic mass is 9.86. The number of hydrogen-bond acceptors (Lipinski definition) is 5. The second-order valence-corrected chi connectivity index (χ2v) is 14.3. The minimum atomic E-state index is -4.04. The van der Waals surface area contributed by atoms with Crippen molar-refractivity contribution in [3.8, 4) is 23.0 Å². The van der Waals surface area contributed by atoms with Crippen molar-refractivity contribution in [2.24, 2.45) is 0 Å². The number of Topliss-reactive ketones (excluding diaryl/α,β-unsaturated/α-hetero) is 1. The number of aromatic amines is 1. The molecule has 0 radical (unpaired) electrons. The Balaban J connectivity index is 1.23. The molecule has 0 bridgehead atoms. The summed E-state index contributed by atoms with van der Waals surface area (Å²) in [5, 5.41) is 4.14. The maximum absolute atomic E-state index is 15.2. The number of carbonyl (C=O) groups is 1. The predicted octanol–water partition coefficient (Wildman–Crippen LogP) is 9.33. The third-order valence-corrected chi connectivity index (χ3v) is 10.1. The highest BCUT2D eigenvalue weighted by Crippen LogP contribution is 2.52. The zero-order valence-electron chi connectivity index (χ0n) is 30.1. The lowest BCUT2D eigenvalue weighted by molar-refractivity contribution is -0.121. The van der Waals surface area contributed by atoms with Gasteiger partial charge in [0, 0.05) is 72.1 Å². The van der Waals surface area contributed by atoms with Crippen LogP contribution in [-0.4, -0.2) is 30.5 Å². The number of carbonyl (C=O) groups excluding carboxylic acids is 1. The average molecular weight is 800 g/mol. The van der Waals surface area contributed by atoms with Crippen molar-refractivity contribution in [2.75, 3.05) is 0 Å². The molecule has 2 aliphatic rings. The molecule has 294 valence electrons. The number of nitrogens with zero attached hydrogens (tertiary/aromatic N) is 4. The minimum Gasteiger partial charge on any atom is -0.322 e. The summed E-state index contributed by atoms with van der Waals surface area (Å²) in [6.45, 7) is -1.08. The highest BCUT2D eigenvalue weighted by Gasteiger charge is 2.55. The SMILES string of the molecule is O=C(C[C@@H](Cc1cc(F)cc(F)c1)c1nc(C#Cc2ccc3[nH]c(=O)ccc3c2)ccc1-c1cnc2c(c1)C=CC2)Cn1nc(C(F)F)c2c1C(F)(F)CCC2(F)F. The van der Waals surface area contributed by atoms with Crippen molar-refractivity contribution in [3.05, 3.63) is 152 Å². The maximum atomic E-state index is 15.2. The highest BCUT2D eigenvalue weighted by molar-refractivity contribution is 5.81. The quantitative estimate of drug-likeness (QED) is 0.116. The lowest BCUT2D eigenvalue weighted by Gasteiger charge is -2.29. The van der Waals surface area contributed by atoms with Crippen LogP contribution in [0.3, 0.4) is 0 Å². The van der Waals surface area contributed by atoms with Crippen LogP contribution in [0, 0.1) is 23.5 Å². The van der Waals surface area contributed by atoms with E-state index in [2.05, 4.69) is 26.9 Å². The van der Waals surface area contributed by atoms with E-state index in [0.29, 0.717) is 34.7 Å². The van der Waals surface area contributed by atoms with Crippen molar-refractivity contribution in [3.63, 3.8) is 0 Å². The van der Waals surface area contributed by atoms with Crippen LogP contribution < -0.4 is 5.56 Å². The number of aromatic nitrogens is 5. The molecule has 1 atom stereocenters. The molecule has 0 fully saturated rings. The number of ketones is 1. The van der Waals surface area contributed by atoms with Crippen LogP contribution in [0.4, 0.5) is 35.1 Å². The van der Waals surface area contributed by atoms with Gasteiger partial charge in [-0.05, 0) is 83.5 Å². The van der Waals surface area contributed by atoms with Crippen LogP contribution in [0.25, 0.3) is 28.1 Å². The monoisotopic (exact) mass is 799 g/mol. The Kier molecular flexibility index (Phi) is 9.82. The first kappa shape index (κ1) is 38.4. The van der Waals surface area contributed by atoms with E-state index in [1.807, 2.05) is 18.2 Å². The Morgan fingerprint density at radius 2 is 1.67 bits per heavy atom. The molecule has 1 N–H and O–H groups in total. The first-order valence-electron chi connectivity index (χ1n) is 18.1. The van der Waals surface area contributed by atoms with E-state index < -0.39 is 84.4 Å². The third-order valence-electron chi connectivity index (χ3n) is 10.1. The summed E-state index contributed by atoms with van der Waals surface area (Å²) in [4.78, 5) is 37.8. The lowest BCUT2D eigenvalue weighted by Crippen LogP contribution is -2.33. The largest absolute Gasteiger partial charge is 0.322 e. The average Bonchev–Trinajstić information content (AvgIpc) is 3.81. The van der Waals surface area contributed by atoms with E-state index in [1.165, 1.54) is 6.07 Å². The standard InChI is InChI=1S/C43H29F8N5O2/c44-29-16-24(17-30(45)20-29)15-27(19-32(57)22-56-40-37(39(55-56)41(46)47)42(48,49)12-13-43(40,50)51)38-33(28-18-25-2-1-3-34(25)52-21-28)9-8-31(53-38)7-4-23-5-10-35-26(14-23)6-11-36(58)54-35/h1-2,5-6,8-11,14,16-18,20-21,27,41H,3,12-13,15,19,22H2,(H,54,58)/t27-/m1/s1. The molecule has 4 aromatic heterocycles. The number of alkyl halides is 6. The van der Waals surface area contributed by atoms with E-state index in [4.69, 9.17) is 4.98 Å². The summed E-state index contributed by atoms with van der Waals surface area (Å²) in [5.41, 5.74) is -0.522. The Hall–Kier alpha value is -6.43. The van der Waals surface area contributed by atoms with Crippen molar-refractivity contribution < 1.29 is 39.9 Å². The molecule has 7 nitrogen and oxygen atoms in total. The normalized spacial score (nSPS) is 15.5. The second-order valence-electron chi connectivity index (χ2n) is 14.3. The van der Waals surface area contributed by atoms with Gasteiger partial charge < -0.3 is 4.98 Å². The van der Waals surface area contributed by atoms with E-state index in [0.717, 1.165) is 28.8 Å². The highest BCUT2D eigenvalue weighted by atomic mass is 19.3. The molecule has 2 aliphatic carbocycles. The van der Waals surface area contributed by atoms with Gasteiger partial charge in [-0.25, -0.2) is 31.3 Å². The zero-order chi connectivity index (χ0) is 40.9. The number of fused-ring (bicyclic) bond motifs is 3. The number of nitrogens with one attached hydrogen (secondary N) is 1. The number of benzene rings is 2. The van der Waals surface area contributed by atoms with Crippen molar-refractivity contribution >= 4 is 22.8 Å². The summed E-state index contributed by atoms with van der Waals surface area (Å²) >= 11 is 0. The molecule has 8 rings (SSSR count). The van der Waals surface area contributed by atoms with Crippen LogP contribution in [0.5, 0.6) is 0 Å².